The highest BCUT2D eigenvalue weighted by molar-refractivity contribution is 9.10. The standard InChI is InChI=1S/C9H12BrClN2/c1-13-9(5-12)6-2-3-8(11)7(10)4-6/h2-4,9,13H,5,12H2,1H3. The van der Waals surface area contributed by atoms with Gasteiger partial charge in [0.25, 0.3) is 0 Å². The third-order valence-electron chi connectivity index (χ3n) is 1.93. The van der Waals surface area contributed by atoms with Crippen molar-refractivity contribution in [3.63, 3.8) is 0 Å². The summed E-state index contributed by atoms with van der Waals surface area (Å²) >= 11 is 9.25. The molecule has 0 amide bonds. The van der Waals surface area contributed by atoms with Gasteiger partial charge < -0.3 is 11.1 Å². The molecule has 0 bridgehead atoms. The first kappa shape index (κ1) is 11.0. The minimum atomic E-state index is 0.188. The third-order valence-corrected chi connectivity index (χ3v) is 3.14. The molecule has 3 N–H and O–H groups in total. The van der Waals surface area contributed by atoms with Gasteiger partial charge >= 0.3 is 0 Å². The summed E-state index contributed by atoms with van der Waals surface area (Å²) in [5.74, 6) is 0. The van der Waals surface area contributed by atoms with E-state index >= 15 is 0 Å². The summed E-state index contributed by atoms with van der Waals surface area (Å²) in [6.45, 7) is 0.574. The maximum absolute atomic E-state index is 5.87. The van der Waals surface area contributed by atoms with Crippen molar-refractivity contribution in [2.75, 3.05) is 13.6 Å². The molecule has 1 aromatic rings. The van der Waals surface area contributed by atoms with Gasteiger partial charge in [-0.15, -0.1) is 0 Å². The first-order valence-electron chi connectivity index (χ1n) is 4.01. The summed E-state index contributed by atoms with van der Waals surface area (Å²) < 4.78 is 0.903. The second-order valence-corrected chi connectivity index (χ2v) is 4.01. The van der Waals surface area contributed by atoms with Crippen LogP contribution in [0.3, 0.4) is 0 Å². The monoisotopic (exact) mass is 262 g/mol. The number of halogens is 2. The molecule has 1 atom stereocenters. The fourth-order valence-corrected chi connectivity index (χ4v) is 1.66. The molecule has 0 spiro atoms. The highest BCUT2D eigenvalue weighted by atomic mass is 79.9. The second kappa shape index (κ2) is 4.96. The molecule has 4 heteroatoms. The molecule has 1 aromatic carbocycles. The highest BCUT2D eigenvalue weighted by Crippen LogP contribution is 2.25. The molecule has 72 valence electrons. The van der Waals surface area contributed by atoms with Crippen molar-refractivity contribution in [2.24, 2.45) is 5.73 Å². The van der Waals surface area contributed by atoms with E-state index in [0.29, 0.717) is 6.54 Å². The summed E-state index contributed by atoms with van der Waals surface area (Å²) in [5, 5.41) is 3.84. The predicted molar refractivity (Wildman–Crippen MR) is 60.0 cm³/mol. The lowest BCUT2D eigenvalue weighted by molar-refractivity contribution is 0.605. The molecule has 1 rings (SSSR count). The van der Waals surface area contributed by atoms with Crippen molar-refractivity contribution >= 4 is 27.5 Å². The van der Waals surface area contributed by atoms with Gasteiger partial charge in [0.15, 0.2) is 0 Å². The Balaban J connectivity index is 2.95. The Hall–Kier alpha value is -0.0900. The average Bonchev–Trinajstić information content (AvgIpc) is 2.13. The molecular formula is C9H12BrClN2. The van der Waals surface area contributed by atoms with Crippen LogP contribution in [0.2, 0.25) is 5.02 Å². The first-order chi connectivity index (χ1) is 6.19. The molecular weight excluding hydrogens is 251 g/mol. The number of hydrogen-bond acceptors (Lipinski definition) is 2. The SMILES string of the molecule is CNC(CN)c1ccc(Cl)c(Br)c1. The van der Waals surface area contributed by atoms with Crippen molar-refractivity contribution in [2.45, 2.75) is 6.04 Å². The van der Waals surface area contributed by atoms with Crippen LogP contribution in [-0.4, -0.2) is 13.6 Å². The lowest BCUT2D eigenvalue weighted by Crippen LogP contribution is -2.24. The fourth-order valence-electron chi connectivity index (χ4n) is 1.15. The van der Waals surface area contributed by atoms with Crippen LogP contribution in [0.4, 0.5) is 0 Å². The van der Waals surface area contributed by atoms with E-state index in [2.05, 4.69) is 21.2 Å². The van der Waals surface area contributed by atoms with Crippen molar-refractivity contribution in [1.82, 2.24) is 5.32 Å². The van der Waals surface area contributed by atoms with Crippen LogP contribution in [0.5, 0.6) is 0 Å². The molecule has 0 fully saturated rings. The van der Waals surface area contributed by atoms with Gasteiger partial charge in [0, 0.05) is 17.1 Å². The van der Waals surface area contributed by atoms with Crippen LogP contribution in [0.1, 0.15) is 11.6 Å². The minimum Gasteiger partial charge on any atom is -0.329 e. The van der Waals surface area contributed by atoms with Crippen LogP contribution in [0.15, 0.2) is 22.7 Å². The van der Waals surface area contributed by atoms with Crippen LogP contribution in [0, 0.1) is 0 Å². The molecule has 0 radical (unpaired) electrons. The van der Waals surface area contributed by atoms with E-state index in [-0.39, 0.29) is 6.04 Å². The molecule has 0 heterocycles. The molecule has 13 heavy (non-hydrogen) atoms. The molecule has 0 aliphatic carbocycles. The van der Waals surface area contributed by atoms with Crippen LogP contribution < -0.4 is 11.1 Å². The van der Waals surface area contributed by atoms with Gasteiger partial charge in [-0.3, -0.25) is 0 Å². The van der Waals surface area contributed by atoms with E-state index in [1.165, 1.54) is 0 Å². The highest BCUT2D eigenvalue weighted by Gasteiger charge is 2.07. The zero-order chi connectivity index (χ0) is 9.84. The zero-order valence-corrected chi connectivity index (χ0v) is 9.69. The number of nitrogens with one attached hydrogen (secondary N) is 1. The summed E-state index contributed by atoms with van der Waals surface area (Å²) in [6, 6.07) is 6.01. The maximum atomic E-state index is 5.87. The van der Waals surface area contributed by atoms with Gasteiger partial charge in [-0.2, -0.15) is 0 Å². The number of benzene rings is 1. The van der Waals surface area contributed by atoms with Crippen molar-refractivity contribution in [3.8, 4) is 0 Å². The van der Waals surface area contributed by atoms with Gasteiger partial charge in [0.05, 0.1) is 5.02 Å². The largest absolute Gasteiger partial charge is 0.329 e. The molecule has 0 aliphatic heterocycles. The van der Waals surface area contributed by atoms with Crippen LogP contribution in [0.25, 0.3) is 0 Å². The van der Waals surface area contributed by atoms with Crippen molar-refractivity contribution in [3.05, 3.63) is 33.3 Å². The van der Waals surface area contributed by atoms with Crippen LogP contribution >= 0.6 is 27.5 Å². The Labute approximate surface area is 91.6 Å². The number of hydrogen-bond donors (Lipinski definition) is 2. The molecule has 1 unspecified atom stereocenters. The van der Waals surface area contributed by atoms with Gasteiger partial charge in [-0.05, 0) is 40.7 Å². The summed E-state index contributed by atoms with van der Waals surface area (Å²) in [6.07, 6.45) is 0. The molecule has 0 aliphatic rings. The lowest BCUT2D eigenvalue weighted by atomic mass is 10.1. The Morgan fingerprint density at radius 1 is 1.62 bits per heavy atom. The second-order valence-electron chi connectivity index (χ2n) is 2.75. The average molecular weight is 264 g/mol. The van der Waals surface area contributed by atoms with E-state index in [1.54, 1.807) is 0 Å². The van der Waals surface area contributed by atoms with E-state index < -0.39 is 0 Å². The van der Waals surface area contributed by atoms with E-state index in [4.69, 9.17) is 17.3 Å². The molecule has 2 nitrogen and oxygen atoms in total. The summed E-state index contributed by atoms with van der Waals surface area (Å²) in [7, 11) is 1.89. The first-order valence-corrected chi connectivity index (χ1v) is 5.18. The number of rotatable bonds is 3. The van der Waals surface area contributed by atoms with E-state index in [1.807, 2.05) is 25.2 Å². The Kier molecular flexibility index (Phi) is 4.19. The minimum absolute atomic E-state index is 0.188. The Morgan fingerprint density at radius 3 is 2.77 bits per heavy atom. The van der Waals surface area contributed by atoms with Crippen LogP contribution in [-0.2, 0) is 0 Å². The fraction of sp³-hybridized carbons (Fsp3) is 0.333. The van der Waals surface area contributed by atoms with Gasteiger partial charge in [-0.25, -0.2) is 0 Å². The van der Waals surface area contributed by atoms with Gasteiger partial charge in [-0.1, -0.05) is 17.7 Å². The molecule has 0 aromatic heterocycles. The maximum Gasteiger partial charge on any atom is 0.0548 e. The third kappa shape index (κ3) is 2.68. The number of likely N-dealkylation sites (N-methyl/N-ethyl adjacent to an activating group) is 1. The zero-order valence-electron chi connectivity index (χ0n) is 7.35. The Bertz CT molecular complexity index is 287. The number of nitrogens with two attached hydrogens (primary N) is 1. The normalized spacial score (nSPS) is 12.9. The summed E-state index contributed by atoms with van der Waals surface area (Å²) in [5.41, 5.74) is 6.73. The quantitative estimate of drug-likeness (QED) is 0.878. The van der Waals surface area contributed by atoms with E-state index in [0.717, 1.165) is 15.1 Å². The van der Waals surface area contributed by atoms with Gasteiger partial charge in [0.1, 0.15) is 0 Å². The van der Waals surface area contributed by atoms with Crippen molar-refractivity contribution < 1.29 is 0 Å². The van der Waals surface area contributed by atoms with Gasteiger partial charge in [0.2, 0.25) is 0 Å². The molecule has 0 saturated carbocycles. The lowest BCUT2D eigenvalue weighted by Gasteiger charge is -2.14. The predicted octanol–water partition coefficient (Wildman–Crippen LogP) is 2.32. The topological polar surface area (TPSA) is 38.0 Å². The molecule has 0 saturated heterocycles. The Morgan fingerprint density at radius 2 is 2.31 bits per heavy atom. The van der Waals surface area contributed by atoms with Crippen molar-refractivity contribution in [1.29, 1.82) is 0 Å². The van der Waals surface area contributed by atoms with E-state index in [9.17, 15) is 0 Å². The smallest absolute Gasteiger partial charge is 0.0548 e. The summed E-state index contributed by atoms with van der Waals surface area (Å²) in [4.78, 5) is 0.